The van der Waals surface area contributed by atoms with E-state index < -0.39 is 0 Å². The van der Waals surface area contributed by atoms with Crippen molar-refractivity contribution < 1.29 is 4.79 Å². The molecule has 24 heavy (non-hydrogen) atoms. The number of aromatic amines is 1. The van der Waals surface area contributed by atoms with Crippen LogP contribution in [0.3, 0.4) is 0 Å². The molecule has 0 unspecified atom stereocenters. The summed E-state index contributed by atoms with van der Waals surface area (Å²) in [6, 6.07) is 17.3. The van der Waals surface area contributed by atoms with Crippen LogP contribution in [0.2, 0.25) is 0 Å². The van der Waals surface area contributed by atoms with Crippen molar-refractivity contribution >= 4 is 22.2 Å². The van der Waals surface area contributed by atoms with Crippen molar-refractivity contribution in [3.63, 3.8) is 0 Å². The summed E-state index contributed by atoms with van der Waals surface area (Å²) in [5, 5.41) is 8.86. The Bertz CT molecular complexity index is 907. The van der Waals surface area contributed by atoms with Gasteiger partial charge in [-0.15, -0.1) is 0 Å². The van der Waals surface area contributed by atoms with Gasteiger partial charge in [-0.2, -0.15) is 5.26 Å². The molecule has 3 aromatic rings. The molecule has 3 rings (SSSR count). The van der Waals surface area contributed by atoms with Gasteiger partial charge in [0.05, 0.1) is 29.4 Å². The van der Waals surface area contributed by atoms with Crippen LogP contribution in [-0.2, 0) is 17.6 Å². The molecular formula is C19H13BrN3O. The number of aromatic nitrogens is 2. The van der Waals surface area contributed by atoms with Crippen LogP contribution < -0.4 is 0 Å². The SMILES string of the molecule is N#Cc1ccc(Cc2nc(-c3ccccc3Br)c(C[C]=O)[nH]2)cc1. The molecule has 0 spiro atoms. The predicted octanol–water partition coefficient (Wildman–Crippen LogP) is 3.95. The summed E-state index contributed by atoms with van der Waals surface area (Å²) in [5.41, 5.74) is 4.12. The number of hydrogen-bond donors (Lipinski definition) is 1. The Labute approximate surface area is 148 Å². The number of nitrogens with zero attached hydrogens (tertiary/aromatic N) is 2. The van der Waals surface area contributed by atoms with Crippen molar-refractivity contribution in [2.45, 2.75) is 12.8 Å². The quantitative estimate of drug-likeness (QED) is 0.730. The number of halogens is 1. The molecule has 0 saturated carbocycles. The number of rotatable bonds is 5. The van der Waals surface area contributed by atoms with Gasteiger partial charge in [0.2, 0.25) is 6.29 Å². The summed E-state index contributed by atoms with van der Waals surface area (Å²) in [4.78, 5) is 18.8. The monoisotopic (exact) mass is 378 g/mol. The van der Waals surface area contributed by atoms with E-state index in [0.29, 0.717) is 12.0 Å². The van der Waals surface area contributed by atoms with Gasteiger partial charge in [0.1, 0.15) is 5.82 Å². The maximum Gasteiger partial charge on any atom is 0.204 e. The second kappa shape index (κ2) is 7.24. The van der Waals surface area contributed by atoms with Gasteiger partial charge < -0.3 is 4.98 Å². The Morgan fingerprint density at radius 2 is 1.88 bits per heavy atom. The number of nitriles is 1. The maximum absolute atomic E-state index is 10.9. The molecule has 0 amide bonds. The summed E-state index contributed by atoms with van der Waals surface area (Å²) >= 11 is 3.53. The largest absolute Gasteiger partial charge is 0.345 e. The first-order valence-electron chi connectivity index (χ1n) is 7.38. The average Bonchev–Trinajstić information content (AvgIpc) is 2.98. The molecule has 1 radical (unpaired) electrons. The molecule has 1 N–H and O–H groups in total. The van der Waals surface area contributed by atoms with E-state index in [9.17, 15) is 4.79 Å². The van der Waals surface area contributed by atoms with E-state index in [1.807, 2.05) is 42.7 Å². The lowest BCUT2D eigenvalue weighted by atomic mass is 10.1. The second-order valence-corrected chi connectivity index (χ2v) is 6.15. The van der Waals surface area contributed by atoms with E-state index in [1.54, 1.807) is 12.1 Å². The Hall–Kier alpha value is -2.71. The zero-order valence-electron chi connectivity index (χ0n) is 12.7. The lowest BCUT2D eigenvalue weighted by Gasteiger charge is -2.02. The highest BCUT2D eigenvalue weighted by molar-refractivity contribution is 9.10. The summed E-state index contributed by atoms with van der Waals surface area (Å²) in [7, 11) is 0. The van der Waals surface area contributed by atoms with E-state index in [-0.39, 0.29) is 6.42 Å². The molecule has 0 aliphatic heterocycles. The molecule has 0 saturated heterocycles. The van der Waals surface area contributed by atoms with Gasteiger partial charge in [-0.1, -0.05) is 46.3 Å². The normalized spacial score (nSPS) is 10.3. The predicted molar refractivity (Wildman–Crippen MR) is 95.1 cm³/mol. The zero-order chi connectivity index (χ0) is 16.9. The van der Waals surface area contributed by atoms with E-state index in [1.165, 1.54) is 0 Å². The summed E-state index contributed by atoms with van der Waals surface area (Å²) in [5.74, 6) is 0.774. The van der Waals surface area contributed by atoms with Crippen LogP contribution in [0.15, 0.2) is 53.0 Å². The molecule has 5 heteroatoms. The minimum absolute atomic E-state index is 0.164. The first kappa shape index (κ1) is 16.2. The Morgan fingerprint density at radius 3 is 2.54 bits per heavy atom. The third-order valence-electron chi connectivity index (χ3n) is 3.66. The lowest BCUT2D eigenvalue weighted by Crippen LogP contribution is -1.92. The minimum atomic E-state index is 0.164. The fourth-order valence-corrected chi connectivity index (χ4v) is 2.99. The molecule has 0 bridgehead atoms. The highest BCUT2D eigenvalue weighted by Gasteiger charge is 2.14. The van der Waals surface area contributed by atoms with Gasteiger partial charge in [0, 0.05) is 16.5 Å². The van der Waals surface area contributed by atoms with Crippen molar-refractivity contribution in [2.75, 3.05) is 0 Å². The van der Waals surface area contributed by atoms with Gasteiger partial charge in [-0.05, 0) is 23.8 Å². The highest BCUT2D eigenvalue weighted by atomic mass is 79.9. The van der Waals surface area contributed by atoms with Crippen LogP contribution in [0.25, 0.3) is 11.3 Å². The number of hydrogen-bond acceptors (Lipinski definition) is 3. The highest BCUT2D eigenvalue weighted by Crippen LogP contribution is 2.29. The second-order valence-electron chi connectivity index (χ2n) is 5.30. The average molecular weight is 379 g/mol. The fourth-order valence-electron chi connectivity index (χ4n) is 2.51. The van der Waals surface area contributed by atoms with Crippen LogP contribution >= 0.6 is 15.9 Å². The smallest absolute Gasteiger partial charge is 0.204 e. The van der Waals surface area contributed by atoms with Gasteiger partial charge in [0.15, 0.2) is 0 Å². The molecule has 117 valence electrons. The standard InChI is InChI=1S/C19H13BrN3O/c20-16-4-2-1-3-15(16)19-17(9-10-24)22-18(23-19)11-13-5-7-14(12-21)8-6-13/h1-8H,9,11H2,(H,22,23). The van der Waals surface area contributed by atoms with Crippen molar-refractivity contribution in [2.24, 2.45) is 0 Å². The van der Waals surface area contributed by atoms with Crippen molar-refractivity contribution in [3.05, 3.63) is 75.6 Å². The Balaban J connectivity index is 1.95. The summed E-state index contributed by atoms with van der Waals surface area (Å²) < 4.78 is 0.925. The molecule has 0 aliphatic rings. The fraction of sp³-hybridized carbons (Fsp3) is 0.105. The number of H-pyrrole nitrogens is 1. The van der Waals surface area contributed by atoms with Gasteiger partial charge >= 0.3 is 0 Å². The number of benzene rings is 2. The van der Waals surface area contributed by atoms with Gasteiger partial charge in [-0.3, -0.25) is 4.79 Å². The first-order chi connectivity index (χ1) is 11.7. The van der Waals surface area contributed by atoms with E-state index in [2.05, 4.69) is 32.0 Å². The topological polar surface area (TPSA) is 69.5 Å². The minimum Gasteiger partial charge on any atom is -0.345 e. The lowest BCUT2D eigenvalue weighted by molar-refractivity contribution is 0.554. The van der Waals surface area contributed by atoms with E-state index in [0.717, 1.165) is 32.8 Å². The van der Waals surface area contributed by atoms with Crippen molar-refractivity contribution in [3.8, 4) is 17.3 Å². The molecule has 1 heterocycles. The van der Waals surface area contributed by atoms with Crippen LogP contribution in [0.4, 0.5) is 0 Å². The maximum atomic E-state index is 10.9. The third kappa shape index (κ3) is 3.44. The molecule has 1 aromatic heterocycles. The molecule has 0 fully saturated rings. The van der Waals surface area contributed by atoms with Gasteiger partial charge in [-0.25, -0.2) is 4.98 Å². The molecular weight excluding hydrogens is 366 g/mol. The van der Waals surface area contributed by atoms with Gasteiger partial charge in [0.25, 0.3) is 0 Å². The molecule has 2 aromatic carbocycles. The number of imidazole rings is 1. The number of carbonyl (C=O) groups excluding carboxylic acids is 1. The third-order valence-corrected chi connectivity index (χ3v) is 4.35. The van der Waals surface area contributed by atoms with Crippen molar-refractivity contribution in [1.29, 1.82) is 5.26 Å². The van der Waals surface area contributed by atoms with E-state index in [4.69, 9.17) is 5.26 Å². The van der Waals surface area contributed by atoms with E-state index >= 15 is 0 Å². The van der Waals surface area contributed by atoms with Crippen LogP contribution in [0.5, 0.6) is 0 Å². The first-order valence-corrected chi connectivity index (χ1v) is 8.17. The Morgan fingerprint density at radius 1 is 1.12 bits per heavy atom. The molecule has 0 aliphatic carbocycles. The Kier molecular flexibility index (Phi) is 4.88. The van der Waals surface area contributed by atoms with Crippen molar-refractivity contribution in [1.82, 2.24) is 9.97 Å². The van der Waals surface area contributed by atoms with Crippen LogP contribution in [-0.4, -0.2) is 16.3 Å². The molecule has 0 atom stereocenters. The van der Waals surface area contributed by atoms with Crippen LogP contribution in [0.1, 0.15) is 22.6 Å². The number of nitrogens with one attached hydrogen (secondary N) is 1. The summed E-state index contributed by atoms with van der Waals surface area (Å²) in [6.07, 6.45) is 2.70. The van der Waals surface area contributed by atoms with Crippen LogP contribution in [0, 0.1) is 11.3 Å². The summed E-state index contributed by atoms with van der Waals surface area (Å²) in [6.45, 7) is 0. The zero-order valence-corrected chi connectivity index (χ0v) is 14.3. The molecule has 4 nitrogen and oxygen atoms in total.